The van der Waals surface area contributed by atoms with Gasteiger partial charge in [-0.05, 0) is 17.7 Å². The number of aliphatic hydroxyl groups excluding tert-OH is 1. The molecule has 0 unspecified atom stereocenters. The van der Waals surface area contributed by atoms with Gasteiger partial charge in [0.1, 0.15) is 5.52 Å². The van der Waals surface area contributed by atoms with Crippen LogP contribution in [0.3, 0.4) is 0 Å². The maximum Gasteiger partial charge on any atom is 0.113 e. The third kappa shape index (κ3) is 0.967. The molecule has 2 aromatic rings. The van der Waals surface area contributed by atoms with E-state index in [2.05, 4.69) is 10.3 Å². The number of fused-ring (bicyclic) bond motifs is 1. The third-order valence-electron chi connectivity index (χ3n) is 1.86. The zero-order valence-corrected chi connectivity index (χ0v) is 6.73. The van der Waals surface area contributed by atoms with Gasteiger partial charge in [-0.25, -0.2) is 4.68 Å². The van der Waals surface area contributed by atoms with E-state index < -0.39 is 0 Å². The van der Waals surface area contributed by atoms with Crippen LogP contribution in [0.1, 0.15) is 5.56 Å². The summed E-state index contributed by atoms with van der Waals surface area (Å²) in [5.41, 5.74) is 2.68. The predicted molar refractivity (Wildman–Crippen MR) is 44.4 cm³/mol. The van der Waals surface area contributed by atoms with E-state index in [9.17, 15) is 0 Å². The molecule has 0 fully saturated rings. The van der Waals surface area contributed by atoms with Gasteiger partial charge in [0.15, 0.2) is 0 Å². The lowest BCUT2D eigenvalue weighted by molar-refractivity contribution is 0.282. The fraction of sp³-hybridized carbons (Fsp3) is 0.250. The number of hydrogen-bond acceptors (Lipinski definition) is 3. The van der Waals surface area contributed by atoms with Crippen LogP contribution in [0.25, 0.3) is 11.0 Å². The van der Waals surface area contributed by atoms with Gasteiger partial charge in [-0.15, -0.1) is 5.10 Å². The van der Waals surface area contributed by atoms with Crippen LogP contribution < -0.4 is 0 Å². The van der Waals surface area contributed by atoms with Gasteiger partial charge in [-0.2, -0.15) is 0 Å². The monoisotopic (exact) mass is 163 g/mol. The molecule has 2 rings (SSSR count). The summed E-state index contributed by atoms with van der Waals surface area (Å²) in [6.45, 7) is 0.0567. The summed E-state index contributed by atoms with van der Waals surface area (Å²) in [4.78, 5) is 0. The lowest BCUT2D eigenvalue weighted by Crippen LogP contribution is -1.90. The molecule has 0 amide bonds. The van der Waals surface area contributed by atoms with Crippen molar-refractivity contribution in [2.24, 2.45) is 7.05 Å². The minimum absolute atomic E-state index is 0.0567. The molecule has 1 N–H and O–H groups in total. The van der Waals surface area contributed by atoms with Gasteiger partial charge in [0.05, 0.1) is 12.1 Å². The fourth-order valence-electron chi connectivity index (χ4n) is 1.17. The van der Waals surface area contributed by atoms with Crippen molar-refractivity contribution >= 4 is 11.0 Å². The number of benzene rings is 1. The molecule has 1 aromatic heterocycles. The summed E-state index contributed by atoms with van der Waals surface area (Å²) in [5, 5.41) is 16.7. The Morgan fingerprint density at radius 3 is 3.08 bits per heavy atom. The Morgan fingerprint density at radius 2 is 2.33 bits per heavy atom. The second-order valence-corrected chi connectivity index (χ2v) is 2.69. The molecule has 1 heterocycles. The van der Waals surface area contributed by atoms with Crippen molar-refractivity contribution in [3.63, 3.8) is 0 Å². The topological polar surface area (TPSA) is 50.9 Å². The highest BCUT2D eigenvalue weighted by atomic mass is 16.3. The predicted octanol–water partition coefficient (Wildman–Crippen LogP) is 0.461. The summed E-state index contributed by atoms with van der Waals surface area (Å²) in [6.07, 6.45) is 0. The van der Waals surface area contributed by atoms with Crippen LogP contribution in [0.15, 0.2) is 18.2 Å². The fourth-order valence-corrected chi connectivity index (χ4v) is 1.17. The van der Waals surface area contributed by atoms with Crippen molar-refractivity contribution in [2.45, 2.75) is 6.61 Å². The molecule has 0 aliphatic rings. The van der Waals surface area contributed by atoms with Crippen LogP contribution in [0.2, 0.25) is 0 Å². The van der Waals surface area contributed by atoms with Crippen molar-refractivity contribution in [2.75, 3.05) is 0 Å². The van der Waals surface area contributed by atoms with Gasteiger partial charge in [0.2, 0.25) is 0 Å². The molecule has 0 radical (unpaired) electrons. The number of aliphatic hydroxyl groups is 1. The maximum absolute atomic E-state index is 8.88. The smallest absolute Gasteiger partial charge is 0.113 e. The van der Waals surface area contributed by atoms with Crippen molar-refractivity contribution in [3.8, 4) is 0 Å². The minimum atomic E-state index is 0.0567. The molecule has 4 nitrogen and oxygen atoms in total. The maximum atomic E-state index is 8.88. The van der Waals surface area contributed by atoms with Gasteiger partial charge < -0.3 is 5.11 Å². The molecule has 12 heavy (non-hydrogen) atoms. The number of rotatable bonds is 1. The Bertz CT molecular complexity index is 408. The van der Waals surface area contributed by atoms with E-state index in [0.29, 0.717) is 0 Å². The van der Waals surface area contributed by atoms with Crippen LogP contribution in [-0.4, -0.2) is 20.1 Å². The molecule has 0 bridgehead atoms. The van der Waals surface area contributed by atoms with Crippen molar-refractivity contribution in [1.82, 2.24) is 15.0 Å². The highest BCUT2D eigenvalue weighted by Crippen LogP contribution is 2.11. The first-order valence-corrected chi connectivity index (χ1v) is 3.70. The summed E-state index contributed by atoms with van der Waals surface area (Å²) < 4.78 is 1.69. The van der Waals surface area contributed by atoms with Crippen molar-refractivity contribution in [3.05, 3.63) is 23.8 Å². The highest BCUT2D eigenvalue weighted by Gasteiger charge is 2.00. The average molecular weight is 163 g/mol. The van der Waals surface area contributed by atoms with Crippen LogP contribution in [0, 0.1) is 0 Å². The molecule has 0 spiro atoms. The molecule has 62 valence electrons. The standard InChI is InChI=1S/C8H9N3O/c1-11-8-4-6(5-12)2-3-7(8)9-10-11/h2-4,12H,5H2,1H3. The quantitative estimate of drug-likeness (QED) is 0.664. The Hall–Kier alpha value is -1.42. The SMILES string of the molecule is Cn1nnc2ccc(CO)cc21. The number of aromatic nitrogens is 3. The third-order valence-corrected chi connectivity index (χ3v) is 1.86. The molecular weight excluding hydrogens is 154 g/mol. The van der Waals surface area contributed by atoms with Crippen LogP contribution in [-0.2, 0) is 13.7 Å². The molecule has 0 atom stereocenters. The molecule has 0 saturated heterocycles. The average Bonchev–Trinajstić information content (AvgIpc) is 2.47. The molecule has 0 saturated carbocycles. The largest absolute Gasteiger partial charge is 0.392 e. The van der Waals surface area contributed by atoms with Gasteiger partial charge in [0.25, 0.3) is 0 Å². The summed E-state index contributed by atoms with van der Waals surface area (Å²) in [6, 6.07) is 5.58. The lowest BCUT2D eigenvalue weighted by atomic mass is 10.2. The van der Waals surface area contributed by atoms with E-state index in [1.165, 1.54) is 0 Å². The van der Waals surface area contributed by atoms with E-state index in [0.717, 1.165) is 16.6 Å². The van der Waals surface area contributed by atoms with Gasteiger partial charge >= 0.3 is 0 Å². The van der Waals surface area contributed by atoms with E-state index in [-0.39, 0.29) is 6.61 Å². The van der Waals surface area contributed by atoms with Gasteiger partial charge in [0, 0.05) is 7.05 Å². The Morgan fingerprint density at radius 1 is 1.50 bits per heavy atom. The van der Waals surface area contributed by atoms with Crippen molar-refractivity contribution < 1.29 is 5.11 Å². The van der Waals surface area contributed by atoms with Crippen molar-refractivity contribution in [1.29, 1.82) is 0 Å². The van der Waals surface area contributed by atoms with Crippen LogP contribution in [0.5, 0.6) is 0 Å². The number of aryl methyl sites for hydroxylation is 1. The molecule has 0 aliphatic heterocycles. The van der Waals surface area contributed by atoms with Crippen LogP contribution in [0.4, 0.5) is 0 Å². The van der Waals surface area contributed by atoms with Gasteiger partial charge in [-0.3, -0.25) is 0 Å². The Kier molecular flexibility index (Phi) is 1.55. The first kappa shape index (κ1) is 7.24. The lowest BCUT2D eigenvalue weighted by Gasteiger charge is -1.95. The Balaban J connectivity index is 2.71. The van der Waals surface area contributed by atoms with E-state index in [1.807, 2.05) is 25.2 Å². The number of hydrogen-bond donors (Lipinski definition) is 1. The second-order valence-electron chi connectivity index (χ2n) is 2.69. The van der Waals surface area contributed by atoms with Gasteiger partial charge in [-0.1, -0.05) is 11.3 Å². The Labute approximate surface area is 69.4 Å². The summed E-state index contributed by atoms with van der Waals surface area (Å²) in [7, 11) is 1.83. The van der Waals surface area contributed by atoms with E-state index in [1.54, 1.807) is 4.68 Å². The number of nitrogens with zero attached hydrogens (tertiary/aromatic N) is 3. The van der Waals surface area contributed by atoms with E-state index in [4.69, 9.17) is 5.11 Å². The molecule has 0 aliphatic carbocycles. The summed E-state index contributed by atoms with van der Waals surface area (Å²) >= 11 is 0. The summed E-state index contributed by atoms with van der Waals surface area (Å²) in [5.74, 6) is 0. The molecule has 4 heteroatoms. The molecule has 1 aromatic carbocycles. The normalized spacial score (nSPS) is 10.8. The first-order chi connectivity index (χ1) is 5.81. The zero-order chi connectivity index (χ0) is 8.55. The first-order valence-electron chi connectivity index (χ1n) is 3.70. The minimum Gasteiger partial charge on any atom is -0.392 e. The second kappa shape index (κ2) is 2.57. The van der Waals surface area contributed by atoms with E-state index >= 15 is 0 Å². The zero-order valence-electron chi connectivity index (χ0n) is 6.73. The molecular formula is C8H9N3O. The highest BCUT2D eigenvalue weighted by molar-refractivity contribution is 5.74. The van der Waals surface area contributed by atoms with Crippen LogP contribution >= 0.6 is 0 Å².